The molecule has 29 heavy (non-hydrogen) atoms. The molecule has 2 atom stereocenters. The Hall–Kier alpha value is -2.30. The molecule has 0 aliphatic carbocycles. The van der Waals surface area contributed by atoms with Crippen LogP contribution < -0.4 is 10.7 Å². The molecular weight excluding hydrogens is 414 g/mol. The Balaban J connectivity index is 1.55. The first-order valence-electron chi connectivity index (χ1n) is 9.02. The molecule has 3 aromatic rings. The monoisotopic (exact) mass is 434 g/mol. The number of benzene rings is 1. The SMILES string of the molecule is Cc1csc(C(C)C2=NN(c3ccn(Cc4c(F)ccc(C)c4F)n3)C(N)S2)n1. The number of nitrogens with zero attached hydrogens (tertiary/aromatic N) is 5. The van der Waals surface area contributed by atoms with E-state index in [1.807, 2.05) is 19.2 Å². The first-order valence-corrected chi connectivity index (χ1v) is 10.8. The Bertz CT molecular complexity index is 1080. The molecule has 4 rings (SSSR count). The second-order valence-corrected chi connectivity index (χ2v) is 8.90. The fraction of sp³-hybridized carbons (Fsp3) is 0.316. The molecule has 1 aliphatic rings. The van der Waals surface area contributed by atoms with Gasteiger partial charge in [-0.3, -0.25) is 4.68 Å². The summed E-state index contributed by atoms with van der Waals surface area (Å²) in [5, 5.41) is 14.5. The van der Waals surface area contributed by atoms with Crippen molar-refractivity contribution >= 4 is 34.0 Å². The summed E-state index contributed by atoms with van der Waals surface area (Å²) in [6.45, 7) is 5.60. The topological polar surface area (TPSA) is 72.3 Å². The average Bonchev–Trinajstić information content (AvgIpc) is 3.41. The van der Waals surface area contributed by atoms with Crippen LogP contribution in [0.5, 0.6) is 0 Å². The summed E-state index contributed by atoms with van der Waals surface area (Å²) in [7, 11) is 0. The summed E-state index contributed by atoms with van der Waals surface area (Å²) >= 11 is 3.05. The van der Waals surface area contributed by atoms with Gasteiger partial charge in [0.15, 0.2) is 11.3 Å². The molecule has 0 saturated heterocycles. The minimum Gasteiger partial charge on any atom is -0.301 e. The van der Waals surface area contributed by atoms with Gasteiger partial charge in [-0.25, -0.2) is 18.8 Å². The van der Waals surface area contributed by atoms with Crippen LogP contribution in [0, 0.1) is 25.5 Å². The molecule has 3 heterocycles. The number of anilines is 1. The Kier molecular flexibility index (Phi) is 5.41. The Labute approximate surface area is 175 Å². The highest BCUT2D eigenvalue weighted by Crippen LogP contribution is 2.35. The molecule has 0 amide bonds. The summed E-state index contributed by atoms with van der Waals surface area (Å²) in [5.74, 6) is -0.585. The van der Waals surface area contributed by atoms with Gasteiger partial charge in [0.25, 0.3) is 0 Å². The zero-order chi connectivity index (χ0) is 20.7. The van der Waals surface area contributed by atoms with Gasteiger partial charge >= 0.3 is 0 Å². The number of hydrogen-bond acceptors (Lipinski definition) is 7. The van der Waals surface area contributed by atoms with E-state index >= 15 is 0 Å². The Morgan fingerprint density at radius 2 is 2.03 bits per heavy atom. The molecule has 0 spiro atoms. The predicted molar refractivity (Wildman–Crippen MR) is 113 cm³/mol. The molecule has 1 aromatic carbocycles. The van der Waals surface area contributed by atoms with Crippen LogP contribution >= 0.6 is 23.1 Å². The van der Waals surface area contributed by atoms with Crippen molar-refractivity contribution in [1.29, 1.82) is 0 Å². The van der Waals surface area contributed by atoms with Crippen LogP contribution in [0.4, 0.5) is 14.6 Å². The number of hydrazone groups is 1. The highest BCUT2D eigenvalue weighted by atomic mass is 32.2. The number of aromatic nitrogens is 3. The van der Waals surface area contributed by atoms with E-state index in [1.54, 1.807) is 35.5 Å². The van der Waals surface area contributed by atoms with Crippen LogP contribution in [0.3, 0.4) is 0 Å². The third kappa shape index (κ3) is 3.92. The van der Waals surface area contributed by atoms with Crippen molar-refractivity contribution in [2.75, 3.05) is 5.01 Å². The molecule has 152 valence electrons. The van der Waals surface area contributed by atoms with Gasteiger partial charge < -0.3 is 5.73 Å². The minimum absolute atomic E-state index is 0.0130. The van der Waals surface area contributed by atoms with Gasteiger partial charge in [0.1, 0.15) is 21.7 Å². The lowest BCUT2D eigenvalue weighted by Gasteiger charge is -2.15. The molecule has 2 N–H and O–H groups in total. The van der Waals surface area contributed by atoms with E-state index in [0.717, 1.165) is 15.7 Å². The number of nitrogens with two attached hydrogens (primary N) is 1. The fourth-order valence-corrected chi connectivity index (χ4v) is 4.87. The van der Waals surface area contributed by atoms with Gasteiger partial charge in [-0.1, -0.05) is 17.8 Å². The second-order valence-electron chi connectivity index (χ2n) is 6.87. The maximum absolute atomic E-state index is 14.3. The zero-order valence-corrected chi connectivity index (χ0v) is 17.8. The molecule has 0 radical (unpaired) electrons. The smallest absolute Gasteiger partial charge is 0.173 e. The van der Waals surface area contributed by atoms with Crippen molar-refractivity contribution in [3.63, 3.8) is 0 Å². The molecule has 0 fully saturated rings. The number of aryl methyl sites for hydroxylation is 2. The van der Waals surface area contributed by atoms with E-state index in [9.17, 15) is 8.78 Å². The van der Waals surface area contributed by atoms with Crippen molar-refractivity contribution in [1.82, 2.24) is 14.8 Å². The summed E-state index contributed by atoms with van der Waals surface area (Å²) in [4.78, 5) is 4.53. The van der Waals surface area contributed by atoms with Crippen molar-refractivity contribution in [2.45, 2.75) is 38.7 Å². The Morgan fingerprint density at radius 1 is 1.24 bits per heavy atom. The van der Waals surface area contributed by atoms with Crippen LogP contribution in [0.15, 0.2) is 34.9 Å². The lowest BCUT2D eigenvalue weighted by atomic mass is 10.1. The summed E-state index contributed by atoms with van der Waals surface area (Å²) in [5.41, 5.74) is 7.18. The van der Waals surface area contributed by atoms with Gasteiger partial charge in [0.2, 0.25) is 0 Å². The number of thioether (sulfide) groups is 1. The van der Waals surface area contributed by atoms with Gasteiger partial charge in [0, 0.05) is 28.9 Å². The second kappa shape index (κ2) is 7.85. The first-order chi connectivity index (χ1) is 13.8. The average molecular weight is 435 g/mol. The highest BCUT2D eigenvalue weighted by Gasteiger charge is 2.31. The first kappa shape index (κ1) is 20.0. The van der Waals surface area contributed by atoms with Gasteiger partial charge in [-0.2, -0.15) is 10.2 Å². The van der Waals surface area contributed by atoms with Crippen molar-refractivity contribution in [2.24, 2.45) is 10.8 Å². The molecule has 0 saturated carbocycles. The highest BCUT2D eigenvalue weighted by molar-refractivity contribution is 8.14. The van der Waals surface area contributed by atoms with Crippen LogP contribution in [0.1, 0.15) is 34.7 Å². The number of hydrogen-bond donors (Lipinski definition) is 1. The molecule has 10 heteroatoms. The molecule has 2 aromatic heterocycles. The maximum atomic E-state index is 14.3. The standard InChI is InChI=1S/C19H20F2N6S2/c1-10-4-5-14(20)13(16(10)21)8-26-7-6-15(24-26)27-19(22)29-18(25-27)12(3)17-23-11(2)9-28-17/h4-7,9,12,19H,8,22H2,1-3H3. The summed E-state index contributed by atoms with van der Waals surface area (Å²) in [6, 6.07) is 4.42. The van der Waals surface area contributed by atoms with E-state index < -0.39 is 17.1 Å². The third-order valence-corrected chi connectivity index (χ3v) is 6.89. The lowest BCUT2D eigenvalue weighted by molar-refractivity contribution is 0.528. The van der Waals surface area contributed by atoms with Crippen LogP contribution in [0.25, 0.3) is 0 Å². The van der Waals surface area contributed by atoms with Crippen molar-refractivity contribution in [3.05, 3.63) is 63.2 Å². The molecule has 2 unspecified atom stereocenters. The summed E-state index contributed by atoms with van der Waals surface area (Å²) < 4.78 is 29.8. The summed E-state index contributed by atoms with van der Waals surface area (Å²) in [6.07, 6.45) is 1.66. The lowest BCUT2D eigenvalue weighted by Crippen LogP contribution is -2.32. The van der Waals surface area contributed by atoms with E-state index in [4.69, 9.17) is 5.73 Å². The van der Waals surface area contributed by atoms with Gasteiger partial charge in [-0.15, -0.1) is 11.3 Å². The number of rotatable bonds is 5. The Morgan fingerprint density at radius 3 is 2.76 bits per heavy atom. The van der Waals surface area contributed by atoms with E-state index in [2.05, 4.69) is 15.2 Å². The number of halogens is 2. The van der Waals surface area contributed by atoms with Crippen LogP contribution in [-0.2, 0) is 6.54 Å². The van der Waals surface area contributed by atoms with Gasteiger partial charge in [-0.05, 0) is 32.4 Å². The quantitative estimate of drug-likeness (QED) is 0.652. The zero-order valence-electron chi connectivity index (χ0n) is 16.1. The fourth-order valence-electron chi connectivity index (χ4n) is 2.99. The third-order valence-electron chi connectivity index (χ3n) is 4.63. The van der Waals surface area contributed by atoms with Crippen LogP contribution in [-0.4, -0.2) is 25.3 Å². The van der Waals surface area contributed by atoms with Crippen molar-refractivity contribution < 1.29 is 8.78 Å². The normalized spacial score (nSPS) is 17.7. The molecular formula is C19H20F2N6S2. The largest absolute Gasteiger partial charge is 0.301 e. The minimum atomic E-state index is -0.591. The number of thiazole rings is 1. The predicted octanol–water partition coefficient (Wildman–Crippen LogP) is 4.20. The van der Waals surface area contributed by atoms with E-state index in [-0.39, 0.29) is 18.0 Å². The molecule has 6 nitrogen and oxygen atoms in total. The van der Waals surface area contributed by atoms with Crippen LogP contribution in [0.2, 0.25) is 0 Å². The van der Waals surface area contributed by atoms with E-state index in [1.165, 1.54) is 28.6 Å². The molecule has 0 bridgehead atoms. The van der Waals surface area contributed by atoms with E-state index in [0.29, 0.717) is 11.4 Å². The van der Waals surface area contributed by atoms with Gasteiger partial charge in [0.05, 0.1) is 12.5 Å². The van der Waals surface area contributed by atoms with Crippen molar-refractivity contribution in [3.8, 4) is 0 Å². The molecule has 1 aliphatic heterocycles. The maximum Gasteiger partial charge on any atom is 0.173 e.